The number of benzene rings is 3. The molecule has 0 aliphatic carbocycles. The van der Waals surface area contributed by atoms with Crippen LogP contribution in [0.15, 0.2) is 79.1 Å². The van der Waals surface area contributed by atoms with E-state index in [2.05, 4.69) is 34.2 Å². The molecule has 0 aliphatic heterocycles. The maximum atomic E-state index is 10.8. The van der Waals surface area contributed by atoms with Gasteiger partial charge in [-0.2, -0.15) is 0 Å². The fraction of sp³-hybridized carbons (Fsp3) is 0.0833. The number of ether oxygens (including phenoxy) is 1. The van der Waals surface area contributed by atoms with Crippen molar-refractivity contribution in [3.63, 3.8) is 0 Å². The molecule has 0 radical (unpaired) electrons. The van der Waals surface area contributed by atoms with Gasteiger partial charge in [-0.25, -0.2) is 0 Å². The molecule has 3 aromatic carbocycles. The van der Waals surface area contributed by atoms with E-state index in [1.165, 1.54) is 0 Å². The first-order valence-electron chi connectivity index (χ1n) is 9.25. The lowest BCUT2D eigenvalue weighted by atomic mass is 9.84. The third kappa shape index (κ3) is 2.54. The number of phenols is 1. The Morgan fingerprint density at radius 2 is 1.32 bits per heavy atom. The van der Waals surface area contributed by atoms with Gasteiger partial charge in [0.25, 0.3) is 0 Å². The summed E-state index contributed by atoms with van der Waals surface area (Å²) in [5.41, 5.74) is 5.19. The first-order valence-corrected chi connectivity index (χ1v) is 9.25. The van der Waals surface area contributed by atoms with Gasteiger partial charge in [0.1, 0.15) is 11.5 Å². The van der Waals surface area contributed by atoms with Crippen molar-refractivity contribution in [2.45, 2.75) is 5.92 Å². The number of hydrogen-bond donors (Lipinski definition) is 3. The van der Waals surface area contributed by atoms with Gasteiger partial charge < -0.3 is 19.8 Å². The Kier molecular flexibility index (Phi) is 3.83. The molecule has 5 aromatic rings. The van der Waals surface area contributed by atoms with Crippen LogP contribution in [0.1, 0.15) is 22.6 Å². The lowest BCUT2D eigenvalue weighted by molar-refractivity contribution is 0.410. The number of methoxy groups -OCH3 is 1. The summed E-state index contributed by atoms with van der Waals surface area (Å²) in [5, 5.41) is 13.0. The number of aromatic hydroxyl groups is 1. The highest BCUT2D eigenvalue weighted by Gasteiger charge is 2.25. The van der Waals surface area contributed by atoms with Crippen LogP contribution in [0.5, 0.6) is 11.5 Å². The van der Waals surface area contributed by atoms with Gasteiger partial charge >= 0.3 is 0 Å². The highest BCUT2D eigenvalue weighted by Crippen LogP contribution is 2.43. The van der Waals surface area contributed by atoms with Crippen LogP contribution in [0, 0.1) is 0 Å². The fourth-order valence-electron chi connectivity index (χ4n) is 4.06. The summed E-state index contributed by atoms with van der Waals surface area (Å²) in [5.74, 6) is 0.821. The summed E-state index contributed by atoms with van der Waals surface area (Å²) in [6, 6.07) is 21.9. The van der Waals surface area contributed by atoms with Gasteiger partial charge in [0, 0.05) is 45.7 Å². The third-order valence-electron chi connectivity index (χ3n) is 5.41. The second-order valence-corrected chi connectivity index (χ2v) is 6.94. The summed E-state index contributed by atoms with van der Waals surface area (Å²) in [6.07, 6.45) is 4.08. The molecule has 2 heterocycles. The molecule has 0 unspecified atom stereocenters. The molecule has 28 heavy (non-hydrogen) atoms. The van der Waals surface area contributed by atoms with Crippen molar-refractivity contribution in [3.8, 4) is 11.5 Å². The van der Waals surface area contributed by atoms with E-state index in [9.17, 15) is 5.11 Å². The molecular formula is C24H20N2O2. The summed E-state index contributed by atoms with van der Waals surface area (Å²) in [7, 11) is 1.64. The summed E-state index contributed by atoms with van der Waals surface area (Å²) in [6.45, 7) is 0. The molecule has 0 spiro atoms. The van der Waals surface area contributed by atoms with Crippen molar-refractivity contribution in [3.05, 3.63) is 95.8 Å². The van der Waals surface area contributed by atoms with Crippen LogP contribution in [0.25, 0.3) is 21.8 Å². The van der Waals surface area contributed by atoms with Crippen molar-refractivity contribution in [2.24, 2.45) is 0 Å². The number of H-pyrrole nitrogens is 2. The van der Waals surface area contributed by atoms with Gasteiger partial charge in [-0.15, -0.1) is 0 Å². The van der Waals surface area contributed by atoms with Crippen LogP contribution in [0.2, 0.25) is 0 Å². The van der Waals surface area contributed by atoms with Gasteiger partial charge in [-0.3, -0.25) is 0 Å². The van der Waals surface area contributed by atoms with E-state index in [0.29, 0.717) is 0 Å². The number of rotatable bonds is 4. The molecule has 0 bridgehead atoms. The third-order valence-corrected chi connectivity index (χ3v) is 5.41. The standard InChI is InChI=1S/C24H20N2O2/c1-28-15-10-11-23(27)18(12-15)24(19-13-25-21-8-4-2-6-16(19)21)20-14-26-22-9-5-3-7-17(20)22/h2-14,24-27H,1H3. The van der Waals surface area contributed by atoms with Crippen LogP contribution < -0.4 is 4.74 Å². The SMILES string of the molecule is COc1ccc(O)c(C(c2c[nH]c3ccccc23)c2c[nH]c3ccccc23)c1. The molecule has 4 heteroatoms. The molecule has 0 saturated carbocycles. The minimum atomic E-state index is -0.151. The van der Waals surface area contributed by atoms with Crippen LogP contribution in [-0.2, 0) is 0 Å². The number of aromatic nitrogens is 2. The zero-order valence-corrected chi connectivity index (χ0v) is 15.4. The van der Waals surface area contributed by atoms with Gasteiger partial charge in [-0.05, 0) is 41.5 Å². The lowest BCUT2D eigenvalue weighted by Gasteiger charge is -2.19. The summed E-state index contributed by atoms with van der Waals surface area (Å²) >= 11 is 0. The van der Waals surface area contributed by atoms with Crippen LogP contribution in [0.3, 0.4) is 0 Å². The normalized spacial score (nSPS) is 11.5. The van der Waals surface area contributed by atoms with E-state index in [1.54, 1.807) is 19.2 Å². The summed E-state index contributed by atoms with van der Waals surface area (Å²) in [4.78, 5) is 6.75. The second kappa shape index (κ2) is 6.50. The van der Waals surface area contributed by atoms with Gasteiger partial charge in [0.05, 0.1) is 7.11 Å². The highest BCUT2D eigenvalue weighted by molar-refractivity contribution is 5.89. The average molecular weight is 368 g/mol. The monoisotopic (exact) mass is 368 g/mol. The van der Waals surface area contributed by atoms with Gasteiger partial charge in [0.15, 0.2) is 0 Å². The highest BCUT2D eigenvalue weighted by atomic mass is 16.5. The largest absolute Gasteiger partial charge is 0.508 e. The molecule has 0 atom stereocenters. The molecule has 4 nitrogen and oxygen atoms in total. The number of fused-ring (bicyclic) bond motifs is 2. The molecule has 5 rings (SSSR count). The summed E-state index contributed by atoms with van der Waals surface area (Å²) < 4.78 is 5.44. The topological polar surface area (TPSA) is 61.0 Å². The Morgan fingerprint density at radius 1 is 0.750 bits per heavy atom. The molecular weight excluding hydrogens is 348 g/mol. The molecule has 3 N–H and O–H groups in total. The predicted octanol–water partition coefficient (Wildman–Crippen LogP) is 5.54. The molecule has 0 aliphatic rings. The molecule has 0 amide bonds. The van der Waals surface area contributed by atoms with E-state index in [1.807, 2.05) is 42.7 Å². The molecule has 0 saturated heterocycles. The first kappa shape index (κ1) is 16.5. The van der Waals surface area contributed by atoms with Crippen molar-refractivity contribution < 1.29 is 9.84 Å². The maximum absolute atomic E-state index is 10.8. The van der Waals surface area contributed by atoms with E-state index in [4.69, 9.17) is 4.74 Å². The Morgan fingerprint density at radius 3 is 1.89 bits per heavy atom. The van der Waals surface area contributed by atoms with E-state index in [0.717, 1.165) is 44.2 Å². The Bertz CT molecular complexity index is 1210. The van der Waals surface area contributed by atoms with Crippen molar-refractivity contribution in [2.75, 3.05) is 7.11 Å². The van der Waals surface area contributed by atoms with E-state index in [-0.39, 0.29) is 11.7 Å². The van der Waals surface area contributed by atoms with Crippen molar-refractivity contribution in [1.29, 1.82) is 0 Å². The van der Waals surface area contributed by atoms with Gasteiger partial charge in [0.2, 0.25) is 0 Å². The number of nitrogens with one attached hydrogen (secondary N) is 2. The van der Waals surface area contributed by atoms with Crippen LogP contribution >= 0.6 is 0 Å². The second-order valence-electron chi connectivity index (χ2n) is 6.94. The van der Waals surface area contributed by atoms with Crippen molar-refractivity contribution in [1.82, 2.24) is 9.97 Å². The number of para-hydroxylation sites is 2. The quantitative estimate of drug-likeness (QED) is 0.390. The zero-order valence-electron chi connectivity index (χ0n) is 15.4. The Labute approximate surface area is 162 Å². The predicted molar refractivity (Wildman–Crippen MR) is 112 cm³/mol. The minimum absolute atomic E-state index is 0.151. The number of phenolic OH excluding ortho intramolecular Hbond substituents is 1. The number of hydrogen-bond acceptors (Lipinski definition) is 2. The minimum Gasteiger partial charge on any atom is -0.508 e. The van der Waals surface area contributed by atoms with Crippen molar-refractivity contribution >= 4 is 21.8 Å². The van der Waals surface area contributed by atoms with E-state index >= 15 is 0 Å². The smallest absolute Gasteiger partial charge is 0.120 e. The molecule has 138 valence electrons. The molecule has 2 aromatic heterocycles. The number of aromatic amines is 2. The maximum Gasteiger partial charge on any atom is 0.120 e. The van der Waals surface area contributed by atoms with E-state index < -0.39 is 0 Å². The van der Waals surface area contributed by atoms with Crippen LogP contribution in [-0.4, -0.2) is 22.2 Å². The average Bonchev–Trinajstić information content (AvgIpc) is 3.35. The Balaban J connectivity index is 1.83. The van der Waals surface area contributed by atoms with Gasteiger partial charge in [-0.1, -0.05) is 36.4 Å². The first-order chi connectivity index (χ1) is 13.8. The fourth-order valence-corrected chi connectivity index (χ4v) is 4.06. The lowest BCUT2D eigenvalue weighted by Crippen LogP contribution is -2.03. The Hall–Kier alpha value is -3.66. The molecule has 0 fully saturated rings. The van der Waals surface area contributed by atoms with Crippen LogP contribution in [0.4, 0.5) is 0 Å². The zero-order chi connectivity index (χ0) is 19.1.